The predicted molar refractivity (Wildman–Crippen MR) is 106 cm³/mol. The summed E-state index contributed by atoms with van der Waals surface area (Å²) < 4.78 is 13.3. The summed E-state index contributed by atoms with van der Waals surface area (Å²) in [5.41, 5.74) is 1.96. The van der Waals surface area contributed by atoms with Crippen LogP contribution in [-0.4, -0.2) is 54.3 Å². The third-order valence-corrected chi connectivity index (χ3v) is 5.34. The molecule has 2 aromatic rings. The quantitative estimate of drug-likeness (QED) is 0.767. The van der Waals surface area contributed by atoms with Crippen molar-refractivity contribution in [3.63, 3.8) is 0 Å². The highest BCUT2D eigenvalue weighted by atomic mass is 19.1. The van der Waals surface area contributed by atoms with Crippen molar-refractivity contribution in [1.82, 2.24) is 9.80 Å². The summed E-state index contributed by atoms with van der Waals surface area (Å²) >= 11 is 0. The van der Waals surface area contributed by atoms with E-state index in [1.54, 1.807) is 0 Å². The number of likely N-dealkylation sites (N-methyl/N-ethyl adjacent to an activating group) is 1. The van der Waals surface area contributed by atoms with Gasteiger partial charge in [0.05, 0.1) is 11.3 Å². The normalized spacial score (nSPS) is 18.4. The molecule has 28 heavy (non-hydrogen) atoms. The highest BCUT2D eigenvalue weighted by molar-refractivity contribution is 6.45. The standard InChI is InChI=1S/C22H22FN3O2/c1-2-24-12-14-25(15-13-24)20-19(16-6-4-3-5-7-16)21(27)26(22(20)28)18-10-8-17(23)9-11-18/h3-11H,2,12-15H2,1H3. The minimum Gasteiger partial charge on any atom is -0.364 e. The molecule has 0 N–H and O–H groups in total. The second-order valence-corrected chi connectivity index (χ2v) is 6.93. The second kappa shape index (κ2) is 7.56. The van der Waals surface area contributed by atoms with Gasteiger partial charge in [-0.3, -0.25) is 9.59 Å². The summed E-state index contributed by atoms with van der Waals surface area (Å²) in [6.45, 7) is 6.16. The van der Waals surface area contributed by atoms with Crippen LogP contribution in [0.15, 0.2) is 60.3 Å². The molecule has 0 spiro atoms. The van der Waals surface area contributed by atoms with Crippen LogP contribution >= 0.6 is 0 Å². The molecule has 1 saturated heterocycles. The molecule has 2 aliphatic heterocycles. The van der Waals surface area contributed by atoms with E-state index >= 15 is 0 Å². The molecule has 0 aromatic heterocycles. The van der Waals surface area contributed by atoms with Gasteiger partial charge in [0.25, 0.3) is 11.8 Å². The molecule has 2 heterocycles. The fourth-order valence-corrected chi connectivity index (χ4v) is 3.79. The lowest BCUT2D eigenvalue weighted by Gasteiger charge is -2.36. The number of carbonyl (C=O) groups excluding carboxylic acids is 2. The first-order valence-electron chi connectivity index (χ1n) is 9.51. The van der Waals surface area contributed by atoms with Crippen LogP contribution in [0.3, 0.4) is 0 Å². The monoisotopic (exact) mass is 379 g/mol. The van der Waals surface area contributed by atoms with Gasteiger partial charge in [-0.05, 0) is 36.4 Å². The van der Waals surface area contributed by atoms with Crippen molar-refractivity contribution in [1.29, 1.82) is 0 Å². The van der Waals surface area contributed by atoms with Crippen molar-refractivity contribution in [3.8, 4) is 0 Å². The topological polar surface area (TPSA) is 43.9 Å². The van der Waals surface area contributed by atoms with Crippen LogP contribution in [0.1, 0.15) is 12.5 Å². The van der Waals surface area contributed by atoms with E-state index in [4.69, 9.17) is 0 Å². The Kier molecular flexibility index (Phi) is 4.96. The maximum Gasteiger partial charge on any atom is 0.282 e. The molecule has 144 valence electrons. The zero-order valence-corrected chi connectivity index (χ0v) is 15.8. The Morgan fingerprint density at radius 1 is 0.857 bits per heavy atom. The average molecular weight is 379 g/mol. The van der Waals surface area contributed by atoms with Gasteiger partial charge < -0.3 is 9.80 Å². The molecule has 0 bridgehead atoms. The number of carbonyl (C=O) groups is 2. The average Bonchev–Trinajstić information content (AvgIpc) is 2.99. The lowest BCUT2D eigenvalue weighted by Crippen LogP contribution is -2.47. The van der Waals surface area contributed by atoms with Crippen LogP contribution in [0.4, 0.5) is 10.1 Å². The van der Waals surface area contributed by atoms with E-state index in [0.29, 0.717) is 30.0 Å². The number of hydrogen-bond donors (Lipinski definition) is 0. The number of amides is 2. The summed E-state index contributed by atoms with van der Waals surface area (Å²) in [5.74, 6) is -1.12. The summed E-state index contributed by atoms with van der Waals surface area (Å²) in [5, 5.41) is 0. The highest BCUT2D eigenvalue weighted by Crippen LogP contribution is 2.35. The van der Waals surface area contributed by atoms with E-state index in [-0.39, 0.29) is 11.8 Å². The van der Waals surface area contributed by atoms with Crippen LogP contribution in [0.25, 0.3) is 5.57 Å². The minimum atomic E-state index is -0.407. The zero-order valence-electron chi connectivity index (χ0n) is 15.8. The Labute approximate surface area is 163 Å². The molecule has 0 saturated carbocycles. The van der Waals surface area contributed by atoms with Crippen molar-refractivity contribution in [3.05, 3.63) is 71.7 Å². The molecule has 5 nitrogen and oxygen atoms in total. The Bertz CT molecular complexity index is 917. The minimum absolute atomic E-state index is 0.347. The lowest BCUT2D eigenvalue weighted by atomic mass is 10.0. The molecule has 0 unspecified atom stereocenters. The van der Waals surface area contributed by atoms with Crippen LogP contribution in [0.5, 0.6) is 0 Å². The Balaban J connectivity index is 1.76. The van der Waals surface area contributed by atoms with Gasteiger partial charge in [0, 0.05) is 26.2 Å². The number of hydrogen-bond acceptors (Lipinski definition) is 4. The molecule has 0 atom stereocenters. The number of nitrogens with zero attached hydrogens (tertiary/aromatic N) is 3. The molecule has 0 radical (unpaired) electrons. The third kappa shape index (κ3) is 3.20. The number of imide groups is 1. The number of rotatable bonds is 4. The number of anilines is 1. The van der Waals surface area contributed by atoms with Crippen LogP contribution in [-0.2, 0) is 9.59 Å². The van der Waals surface area contributed by atoms with Gasteiger partial charge in [-0.25, -0.2) is 9.29 Å². The molecule has 0 aliphatic carbocycles. The second-order valence-electron chi connectivity index (χ2n) is 6.93. The molecule has 4 rings (SSSR count). The van der Waals surface area contributed by atoms with Gasteiger partial charge in [-0.15, -0.1) is 0 Å². The molecular formula is C22H22FN3O2. The van der Waals surface area contributed by atoms with Gasteiger partial charge in [-0.1, -0.05) is 37.3 Å². The fraction of sp³-hybridized carbons (Fsp3) is 0.273. The predicted octanol–water partition coefficient (Wildman–Crippen LogP) is 2.75. The summed E-state index contributed by atoms with van der Waals surface area (Å²) in [6.07, 6.45) is 0. The molecule has 2 amide bonds. The summed E-state index contributed by atoms with van der Waals surface area (Å²) in [4.78, 5) is 32.1. The SMILES string of the molecule is CCN1CCN(C2=C(c3ccccc3)C(=O)N(c3ccc(F)cc3)C2=O)CC1. The number of halogens is 1. The highest BCUT2D eigenvalue weighted by Gasteiger charge is 2.42. The zero-order chi connectivity index (χ0) is 19.7. The number of benzene rings is 2. The molecule has 6 heteroatoms. The third-order valence-electron chi connectivity index (χ3n) is 5.34. The molecule has 2 aromatic carbocycles. The summed E-state index contributed by atoms with van der Waals surface area (Å²) in [6, 6.07) is 14.7. The first-order chi connectivity index (χ1) is 13.6. The first kappa shape index (κ1) is 18.4. The van der Waals surface area contributed by atoms with Gasteiger partial charge in [0.2, 0.25) is 0 Å². The maximum atomic E-state index is 13.3. The Morgan fingerprint density at radius 3 is 2.11 bits per heavy atom. The Morgan fingerprint density at radius 2 is 1.50 bits per heavy atom. The molecular weight excluding hydrogens is 357 g/mol. The summed E-state index contributed by atoms with van der Waals surface area (Å²) in [7, 11) is 0. The van der Waals surface area contributed by atoms with E-state index in [1.807, 2.05) is 35.2 Å². The molecule has 1 fully saturated rings. The molecule has 2 aliphatic rings. The van der Waals surface area contributed by atoms with Crippen molar-refractivity contribution in [2.75, 3.05) is 37.6 Å². The van der Waals surface area contributed by atoms with Crippen molar-refractivity contribution in [2.45, 2.75) is 6.92 Å². The van der Waals surface area contributed by atoms with Crippen molar-refractivity contribution >= 4 is 23.1 Å². The fourth-order valence-electron chi connectivity index (χ4n) is 3.79. The van der Waals surface area contributed by atoms with Crippen LogP contribution in [0.2, 0.25) is 0 Å². The van der Waals surface area contributed by atoms with Crippen molar-refractivity contribution < 1.29 is 14.0 Å². The van der Waals surface area contributed by atoms with E-state index in [1.165, 1.54) is 24.3 Å². The van der Waals surface area contributed by atoms with E-state index < -0.39 is 5.82 Å². The number of piperazine rings is 1. The van der Waals surface area contributed by atoms with E-state index in [9.17, 15) is 14.0 Å². The lowest BCUT2D eigenvalue weighted by molar-refractivity contribution is -0.120. The van der Waals surface area contributed by atoms with Crippen LogP contribution < -0.4 is 4.90 Å². The van der Waals surface area contributed by atoms with Gasteiger partial charge in [-0.2, -0.15) is 0 Å². The Hall–Kier alpha value is -2.99. The van der Waals surface area contributed by atoms with Crippen molar-refractivity contribution in [2.24, 2.45) is 0 Å². The van der Waals surface area contributed by atoms with Crippen LogP contribution in [0, 0.1) is 5.82 Å². The first-order valence-corrected chi connectivity index (χ1v) is 9.51. The van der Waals surface area contributed by atoms with Gasteiger partial charge in [0.1, 0.15) is 11.5 Å². The smallest absolute Gasteiger partial charge is 0.282 e. The van der Waals surface area contributed by atoms with Gasteiger partial charge >= 0.3 is 0 Å². The van der Waals surface area contributed by atoms with Gasteiger partial charge in [0.15, 0.2) is 0 Å². The van der Waals surface area contributed by atoms with E-state index in [0.717, 1.165) is 30.1 Å². The maximum absolute atomic E-state index is 13.3. The van der Waals surface area contributed by atoms with E-state index in [2.05, 4.69) is 11.8 Å². The largest absolute Gasteiger partial charge is 0.364 e.